The maximum Gasteiger partial charge on any atom is 0.437 e. The SMILES string of the molecule is N#CC(C#N)=C1OC(c2ccccc2)(C(F)(F)F)C(/C=C/C2=C(Cl)C(=C\C=C3\CCCc4c3c3ccccc3n4Cc3ccc([Si](c4ccccc4)(c4ccccc4)c4ccccc4)cc3)/CCC2)=C1C#N. The summed E-state index contributed by atoms with van der Waals surface area (Å²) in [4.78, 5) is 0. The van der Waals surface area contributed by atoms with Crippen molar-refractivity contribution in [1.29, 1.82) is 15.8 Å². The normalized spacial score (nSPS) is 18.3. The average Bonchev–Trinajstić information content (AvgIpc) is 3.93. The highest BCUT2D eigenvalue weighted by Crippen LogP contribution is 2.56. The molecule has 72 heavy (non-hydrogen) atoms. The molecule has 1 aliphatic heterocycles. The van der Waals surface area contributed by atoms with Crippen LogP contribution in [0.5, 0.6) is 0 Å². The van der Waals surface area contributed by atoms with Crippen molar-refractivity contribution in [3.05, 3.63) is 255 Å². The number of halogens is 4. The fraction of sp³-hybridized carbons (Fsp3) is 0.145. The van der Waals surface area contributed by atoms with Gasteiger partial charge in [-0.15, -0.1) is 0 Å². The molecule has 6 aromatic carbocycles. The predicted octanol–water partition coefficient (Wildman–Crippen LogP) is 12.6. The number of nitriles is 3. The van der Waals surface area contributed by atoms with Crippen molar-refractivity contribution in [2.75, 3.05) is 0 Å². The van der Waals surface area contributed by atoms with Crippen LogP contribution in [-0.4, -0.2) is 18.8 Å². The van der Waals surface area contributed by atoms with Gasteiger partial charge in [0.2, 0.25) is 0 Å². The third-order valence-electron chi connectivity index (χ3n) is 14.3. The van der Waals surface area contributed by atoms with Gasteiger partial charge in [-0.25, -0.2) is 0 Å². The quantitative estimate of drug-likeness (QED) is 0.0776. The first kappa shape index (κ1) is 47.5. The van der Waals surface area contributed by atoms with E-state index in [0.29, 0.717) is 36.4 Å². The maximum atomic E-state index is 15.5. The minimum Gasteiger partial charge on any atom is -0.465 e. The van der Waals surface area contributed by atoms with Crippen molar-refractivity contribution in [2.24, 2.45) is 0 Å². The maximum absolute atomic E-state index is 15.5. The van der Waals surface area contributed by atoms with Gasteiger partial charge in [0.05, 0.1) is 0 Å². The number of fused-ring (bicyclic) bond motifs is 3. The van der Waals surface area contributed by atoms with Crippen molar-refractivity contribution >= 4 is 56.9 Å². The Hall–Kier alpha value is -8.13. The van der Waals surface area contributed by atoms with Crippen LogP contribution in [0.3, 0.4) is 0 Å². The summed E-state index contributed by atoms with van der Waals surface area (Å²) in [5, 5.41) is 36.6. The standard InChI is InChI=1S/C62H46ClF3N4OSi/c63-59-45(18-15-19-46(59)35-38-55-54(41-69)60(47(39-67)40-68)71-61(55,62(64,65)66)48-20-5-1-6-21-48)34-33-44-17-16-30-57-58(44)53-28-13-14-29-56(53)70(57)42-43-31-36-52(37-32-43)72(49-22-7-2-8-23-49,50-24-9-3-10-25-50)51-26-11-4-12-27-51/h1-14,20-29,31-38H,15-19,30,42H2/b38-35+,44-33-,45-34-. The van der Waals surface area contributed by atoms with Gasteiger partial charge in [-0.05, 0) is 87.6 Å². The van der Waals surface area contributed by atoms with Gasteiger partial charge >= 0.3 is 6.18 Å². The largest absolute Gasteiger partial charge is 0.465 e. The monoisotopic (exact) mass is 982 g/mol. The number of ether oxygens (including phenoxy) is 1. The summed E-state index contributed by atoms with van der Waals surface area (Å²) < 4.78 is 54.5. The van der Waals surface area contributed by atoms with Gasteiger partial charge < -0.3 is 9.30 Å². The number of allylic oxidation sites excluding steroid dienone is 9. The molecule has 2 heterocycles. The molecule has 10 heteroatoms. The molecule has 0 N–H and O–H groups in total. The van der Waals surface area contributed by atoms with E-state index >= 15 is 13.2 Å². The summed E-state index contributed by atoms with van der Waals surface area (Å²) in [7, 11) is -2.68. The minimum atomic E-state index is -5.09. The zero-order valence-corrected chi connectivity index (χ0v) is 40.9. The summed E-state index contributed by atoms with van der Waals surface area (Å²) in [6.07, 6.45) is 6.43. The Morgan fingerprint density at radius 1 is 0.639 bits per heavy atom. The first-order valence-corrected chi connectivity index (χ1v) is 26.4. The van der Waals surface area contributed by atoms with Crippen LogP contribution >= 0.6 is 11.6 Å². The number of para-hydroxylation sites is 1. The molecule has 1 atom stereocenters. The molecule has 352 valence electrons. The van der Waals surface area contributed by atoms with Gasteiger partial charge in [-0.2, -0.15) is 29.0 Å². The third-order valence-corrected chi connectivity index (χ3v) is 19.6. The van der Waals surface area contributed by atoms with Gasteiger partial charge in [0.15, 0.2) is 19.4 Å². The van der Waals surface area contributed by atoms with Crippen molar-refractivity contribution in [1.82, 2.24) is 4.57 Å². The number of hydrogen-bond donors (Lipinski definition) is 0. The Morgan fingerprint density at radius 3 is 1.75 bits per heavy atom. The molecule has 0 radical (unpaired) electrons. The fourth-order valence-corrected chi connectivity index (χ4v) is 16.1. The van der Waals surface area contributed by atoms with Crippen molar-refractivity contribution in [3.8, 4) is 18.2 Å². The Bertz CT molecular complexity index is 3420. The molecule has 3 aliphatic rings. The van der Waals surface area contributed by atoms with Crippen LogP contribution in [0.25, 0.3) is 16.5 Å². The van der Waals surface area contributed by atoms with E-state index in [4.69, 9.17) is 16.3 Å². The van der Waals surface area contributed by atoms with E-state index in [1.807, 2.05) is 12.1 Å². The number of alkyl halides is 3. The number of aromatic nitrogens is 1. The second-order valence-electron chi connectivity index (χ2n) is 18.2. The van der Waals surface area contributed by atoms with Crippen molar-refractivity contribution < 1.29 is 17.9 Å². The van der Waals surface area contributed by atoms with Crippen LogP contribution in [0.4, 0.5) is 13.2 Å². The average molecular weight is 984 g/mol. The summed E-state index contributed by atoms with van der Waals surface area (Å²) in [6.45, 7) is 0.700. The predicted molar refractivity (Wildman–Crippen MR) is 282 cm³/mol. The molecule has 0 saturated carbocycles. The van der Waals surface area contributed by atoms with E-state index in [1.165, 1.54) is 90.5 Å². The van der Waals surface area contributed by atoms with Gasteiger partial charge in [0.25, 0.3) is 5.60 Å². The molecule has 0 spiro atoms. The lowest BCUT2D eigenvalue weighted by atomic mass is 9.83. The summed E-state index contributed by atoms with van der Waals surface area (Å²) in [5.74, 6) is -0.709. The highest BCUT2D eigenvalue weighted by Gasteiger charge is 2.65. The van der Waals surface area contributed by atoms with Gasteiger partial charge in [-0.1, -0.05) is 200 Å². The topological polar surface area (TPSA) is 85.5 Å². The molecular formula is C62H46ClF3N4OSi. The molecular weight excluding hydrogens is 937 g/mol. The van der Waals surface area contributed by atoms with Gasteiger partial charge in [-0.3, -0.25) is 0 Å². The van der Waals surface area contributed by atoms with E-state index in [9.17, 15) is 15.8 Å². The zero-order chi connectivity index (χ0) is 49.9. The summed E-state index contributed by atoms with van der Waals surface area (Å²) in [5.41, 5.74) is 2.27. The minimum absolute atomic E-state index is 0.300. The van der Waals surface area contributed by atoms with Crippen LogP contribution in [0.15, 0.2) is 233 Å². The molecule has 1 unspecified atom stereocenters. The molecule has 10 rings (SSSR count). The van der Waals surface area contributed by atoms with Crippen LogP contribution < -0.4 is 20.7 Å². The lowest BCUT2D eigenvalue weighted by Gasteiger charge is -2.34. The van der Waals surface area contributed by atoms with Crippen LogP contribution in [-0.2, 0) is 23.3 Å². The fourth-order valence-electron chi connectivity index (χ4n) is 11.0. The van der Waals surface area contributed by atoms with E-state index in [0.717, 1.165) is 24.8 Å². The Balaban J connectivity index is 1.00. The van der Waals surface area contributed by atoms with E-state index in [1.54, 1.807) is 18.2 Å². The molecule has 0 fully saturated rings. The first-order valence-electron chi connectivity index (χ1n) is 24.0. The molecule has 1 aromatic heterocycles. The van der Waals surface area contributed by atoms with Crippen molar-refractivity contribution in [3.63, 3.8) is 0 Å². The Morgan fingerprint density at radius 2 is 1.17 bits per heavy atom. The second kappa shape index (κ2) is 19.9. The third kappa shape index (κ3) is 8.23. The molecule has 0 amide bonds. The Labute approximate surface area is 423 Å². The molecule has 7 aromatic rings. The first-order chi connectivity index (χ1) is 35.1. The van der Waals surface area contributed by atoms with Crippen LogP contribution in [0.2, 0.25) is 0 Å². The number of nitrogens with zero attached hydrogens (tertiary/aromatic N) is 4. The Kier molecular flexibility index (Phi) is 13.2. The van der Waals surface area contributed by atoms with Crippen LogP contribution in [0.1, 0.15) is 54.5 Å². The zero-order valence-electron chi connectivity index (χ0n) is 39.1. The lowest BCUT2D eigenvalue weighted by Crippen LogP contribution is -2.74. The molecule has 0 saturated heterocycles. The highest BCUT2D eigenvalue weighted by atomic mass is 35.5. The number of benzene rings is 6. The molecule has 5 nitrogen and oxygen atoms in total. The highest BCUT2D eigenvalue weighted by molar-refractivity contribution is 7.19. The second-order valence-corrected chi connectivity index (χ2v) is 22.4. The summed E-state index contributed by atoms with van der Waals surface area (Å²) >= 11 is 7.16. The van der Waals surface area contributed by atoms with Gasteiger partial charge in [0.1, 0.15) is 23.8 Å². The lowest BCUT2D eigenvalue weighted by molar-refractivity contribution is -0.249. The van der Waals surface area contributed by atoms with Gasteiger partial charge in [0, 0.05) is 44.9 Å². The van der Waals surface area contributed by atoms with E-state index in [-0.39, 0.29) is 5.56 Å². The van der Waals surface area contributed by atoms with E-state index < -0.39 is 42.3 Å². The number of hydrogen-bond acceptors (Lipinski definition) is 4. The van der Waals surface area contributed by atoms with Crippen LogP contribution in [0, 0.1) is 34.0 Å². The van der Waals surface area contributed by atoms with Crippen molar-refractivity contribution in [2.45, 2.75) is 56.8 Å². The smallest absolute Gasteiger partial charge is 0.437 e. The summed E-state index contributed by atoms with van der Waals surface area (Å²) in [6, 6.07) is 62.6. The molecule has 0 bridgehead atoms. The number of rotatable bonds is 10. The van der Waals surface area contributed by atoms with E-state index in [2.05, 4.69) is 150 Å². The molecule has 2 aliphatic carbocycles.